The van der Waals surface area contributed by atoms with Crippen LogP contribution in [0.25, 0.3) is 0 Å². The van der Waals surface area contributed by atoms with Gasteiger partial charge in [-0.3, -0.25) is 4.79 Å². The minimum absolute atomic E-state index is 0.224. The van der Waals surface area contributed by atoms with Gasteiger partial charge < -0.3 is 32.4 Å². The summed E-state index contributed by atoms with van der Waals surface area (Å²) in [6.07, 6.45) is -2.20. The van der Waals surface area contributed by atoms with E-state index in [4.69, 9.17) is 22.2 Å². The molecule has 0 fully saturated rings. The molecular weight excluding hydrogens is 497 g/mol. The number of aliphatic carboxylic acids is 1. The van der Waals surface area contributed by atoms with E-state index in [2.05, 4.69) is 65.5 Å². The summed E-state index contributed by atoms with van der Waals surface area (Å²) in [4.78, 5) is 23.0. The van der Waals surface area contributed by atoms with Crippen molar-refractivity contribution >= 4 is 45.7 Å². The van der Waals surface area contributed by atoms with Crippen molar-refractivity contribution in [1.82, 2.24) is 0 Å². The Bertz CT molecular complexity index is 625. The molecule has 0 heterocycles. The Balaban J connectivity index is 5.66. The van der Waals surface area contributed by atoms with Crippen molar-refractivity contribution in [2.24, 2.45) is 0 Å². The average molecular weight is 541 g/mol. The van der Waals surface area contributed by atoms with Crippen LogP contribution in [-0.2, 0) is 26.7 Å². The number of esters is 1. The number of ether oxygens (including phenoxy) is 1. The molecule has 9 nitrogen and oxygen atoms in total. The number of aliphatic hydroxyl groups is 2. The molecule has 0 saturated heterocycles. The zero-order valence-corrected chi connectivity index (χ0v) is 25.7. The first-order chi connectivity index (χ1) is 14.7. The summed E-state index contributed by atoms with van der Waals surface area (Å²) >= 11 is 0. The number of carbonyl (C=O) groups is 2. The Labute approximate surface area is 202 Å². The van der Waals surface area contributed by atoms with Crippen LogP contribution in [0.1, 0.15) is 19.3 Å². The third-order valence-electron chi connectivity index (χ3n) is 3.88. The van der Waals surface area contributed by atoms with E-state index in [1.807, 2.05) is 0 Å². The molecule has 0 bridgehead atoms. The first kappa shape index (κ1) is 32.3. The smallest absolute Gasteiger partial charge is 0.469 e. The van der Waals surface area contributed by atoms with Gasteiger partial charge in [0.25, 0.3) is 0 Å². The topological polar surface area (TPSA) is 132 Å². The molecule has 2 unspecified atom stereocenters. The van der Waals surface area contributed by atoms with Crippen LogP contribution in [0.5, 0.6) is 0 Å². The second-order valence-electron chi connectivity index (χ2n) is 11.1. The molecule has 0 aromatic heterocycles. The molecule has 0 aliphatic carbocycles. The summed E-state index contributed by atoms with van der Waals surface area (Å²) < 4.78 is 25.1. The van der Waals surface area contributed by atoms with Gasteiger partial charge in [-0.25, -0.2) is 4.79 Å². The summed E-state index contributed by atoms with van der Waals surface area (Å²) in [5.41, 5.74) is -0.229. The maximum Gasteiger partial charge on any atom is 0.469 e. The Kier molecular flexibility index (Phi) is 12.6. The van der Waals surface area contributed by atoms with Crippen molar-refractivity contribution < 1.29 is 42.0 Å². The molecular formula is C20H44O9Si4. The molecule has 0 aliphatic heterocycles. The van der Waals surface area contributed by atoms with Crippen LogP contribution in [-0.4, -0.2) is 79.8 Å². The van der Waals surface area contributed by atoms with Gasteiger partial charge >= 0.3 is 20.7 Å². The van der Waals surface area contributed by atoms with Gasteiger partial charge in [-0.2, -0.15) is 0 Å². The Morgan fingerprint density at radius 2 is 1.30 bits per heavy atom. The molecule has 2 atom stereocenters. The van der Waals surface area contributed by atoms with Crippen molar-refractivity contribution in [3.63, 3.8) is 0 Å². The fraction of sp³-hybridized carbons (Fsp3) is 0.800. The summed E-state index contributed by atoms with van der Waals surface area (Å²) in [6.45, 7) is 21.6. The second kappa shape index (κ2) is 12.9. The fourth-order valence-electron chi connectivity index (χ4n) is 3.06. The van der Waals surface area contributed by atoms with Gasteiger partial charge in [0, 0.05) is 11.6 Å². The van der Waals surface area contributed by atoms with Crippen LogP contribution in [0.4, 0.5) is 0 Å². The average Bonchev–Trinajstić information content (AvgIpc) is 2.54. The third-order valence-corrected chi connectivity index (χ3v) is 15.9. The van der Waals surface area contributed by atoms with Crippen molar-refractivity contribution in [3.8, 4) is 0 Å². The van der Waals surface area contributed by atoms with Gasteiger partial charge in [0.2, 0.25) is 0 Å². The molecule has 13 heteroatoms. The molecule has 0 rings (SSSR count). The summed E-state index contributed by atoms with van der Waals surface area (Å²) in [7, 11) is -9.21. The number of hydrogen-bond donors (Lipinski definition) is 3. The van der Waals surface area contributed by atoms with Gasteiger partial charge in [-0.05, 0) is 71.8 Å². The third kappa shape index (κ3) is 15.1. The molecule has 33 heavy (non-hydrogen) atoms. The lowest BCUT2D eigenvalue weighted by Crippen LogP contribution is -2.60. The highest BCUT2D eigenvalue weighted by molar-refractivity contribution is 6.90. The Morgan fingerprint density at radius 1 is 0.879 bits per heavy atom. The summed E-state index contributed by atoms with van der Waals surface area (Å²) in [5, 5.41) is 28.4. The zero-order chi connectivity index (χ0) is 26.3. The minimum Gasteiger partial charge on any atom is -0.481 e. The summed E-state index contributed by atoms with van der Waals surface area (Å²) in [6, 6.07) is 0.480. The normalized spacial score (nSPS) is 15.1. The van der Waals surface area contributed by atoms with Gasteiger partial charge in [-0.15, -0.1) is 0 Å². The maximum atomic E-state index is 12.2. The lowest BCUT2D eigenvalue weighted by molar-refractivity contribution is -0.153. The highest BCUT2D eigenvalue weighted by Crippen LogP contribution is 2.31. The molecule has 3 N–H and O–H groups in total. The van der Waals surface area contributed by atoms with E-state index in [-0.39, 0.29) is 12.0 Å². The SMILES string of the molecule is C=C(CC(=O)O)C(=O)OC(CCC[Si](O[Si](C)(C)C)(O[Si](C)(C)C)O[Si](C)(C)C)C(O)CO. The molecule has 194 valence electrons. The Hall–Kier alpha value is -0.652. The monoisotopic (exact) mass is 540 g/mol. The van der Waals surface area contributed by atoms with E-state index in [9.17, 15) is 19.8 Å². The first-order valence-corrected chi connectivity index (χ1v) is 23.3. The van der Waals surface area contributed by atoms with Crippen molar-refractivity contribution in [1.29, 1.82) is 0 Å². The van der Waals surface area contributed by atoms with Gasteiger partial charge in [0.1, 0.15) is 12.2 Å². The van der Waals surface area contributed by atoms with E-state index >= 15 is 0 Å². The maximum absolute atomic E-state index is 12.2. The molecule has 0 amide bonds. The van der Waals surface area contributed by atoms with E-state index in [1.165, 1.54) is 0 Å². The molecule has 0 radical (unpaired) electrons. The van der Waals surface area contributed by atoms with E-state index in [1.54, 1.807) is 0 Å². The largest absolute Gasteiger partial charge is 0.481 e. The number of hydrogen-bond acceptors (Lipinski definition) is 8. The Morgan fingerprint density at radius 3 is 1.64 bits per heavy atom. The lowest BCUT2D eigenvalue weighted by atomic mass is 10.1. The molecule has 0 aliphatic rings. The lowest BCUT2D eigenvalue weighted by Gasteiger charge is -2.43. The van der Waals surface area contributed by atoms with E-state index < -0.39 is 70.9 Å². The quantitative estimate of drug-likeness (QED) is 0.153. The van der Waals surface area contributed by atoms with Gasteiger partial charge in [0.05, 0.1) is 13.0 Å². The number of carbonyl (C=O) groups excluding carboxylic acids is 1. The van der Waals surface area contributed by atoms with Gasteiger partial charge in [0.15, 0.2) is 25.0 Å². The van der Waals surface area contributed by atoms with Gasteiger partial charge in [-0.1, -0.05) is 6.58 Å². The molecule has 0 aromatic carbocycles. The summed E-state index contributed by atoms with van der Waals surface area (Å²) in [5.74, 6) is -2.11. The second-order valence-corrected chi connectivity index (χ2v) is 28.1. The van der Waals surface area contributed by atoms with E-state index in [0.29, 0.717) is 12.5 Å². The van der Waals surface area contributed by atoms with Crippen molar-refractivity contribution in [3.05, 3.63) is 12.2 Å². The number of rotatable bonds is 16. The standard InChI is InChI=1S/C20H44O9Si4/c1-16(14-19(23)24)20(25)26-18(17(22)15-21)12-11-13-33(27-30(2,3)4,28-31(5,6)7)29-32(8,9)10/h17-18,21-22H,1,11-15H2,2-10H3,(H,23,24). The molecule has 0 aromatic rings. The number of carboxylic acids is 1. The van der Waals surface area contributed by atoms with Crippen LogP contribution in [0.3, 0.4) is 0 Å². The number of carboxylic acid groups (broad SMARTS) is 1. The zero-order valence-electron chi connectivity index (χ0n) is 21.7. The first-order valence-electron chi connectivity index (χ1n) is 11.2. The van der Waals surface area contributed by atoms with Crippen LogP contribution in [0.15, 0.2) is 12.2 Å². The molecule has 0 saturated carbocycles. The minimum atomic E-state index is -3.09. The predicted octanol–water partition coefficient (Wildman–Crippen LogP) is 3.56. The highest BCUT2D eigenvalue weighted by Gasteiger charge is 2.49. The molecule has 0 spiro atoms. The van der Waals surface area contributed by atoms with E-state index in [0.717, 1.165) is 0 Å². The fourth-order valence-corrected chi connectivity index (χ4v) is 17.7. The van der Waals surface area contributed by atoms with Crippen LogP contribution in [0, 0.1) is 0 Å². The van der Waals surface area contributed by atoms with Crippen molar-refractivity contribution in [2.45, 2.75) is 96.4 Å². The number of aliphatic hydroxyl groups excluding tert-OH is 2. The van der Waals surface area contributed by atoms with Crippen LogP contribution in [0.2, 0.25) is 65.0 Å². The van der Waals surface area contributed by atoms with Crippen molar-refractivity contribution in [2.75, 3.05) is 6.61 Å². The van der Waals surface area contributed by atoms with Crippen LogP contribution >= 0.6 is 0 Å². The predicted molar refractivity (Wildman–Crippen MR) is 137 cm³/mol. The van der Waals surface area contributed by atoms with Crippen LogP contribution < -0.4 is 0 Å². The highest BCUT2D eigenvalue weighted by atomic mass is 28.5.